The van der Waals surface area contributed by atoms with Gasteiger partial charge in [0, 0.05) is 31.2 Å². The molecule has 2 aliphatic heterocycles. The maximum Gasteiger partial charge on any atom is 0.256 e. The normalized spacial score (nSPS) is 20.7. The van der Waals surface area contributed by atoms with Crippen molar-refractivity contribution < 1.29 is 19.4 Å². The minimum absolute atomic E-state index is 0.0346. The summed E-state index contributed by atoms with van der Waals surface area (Å²) in [5.74, 6) is 1.34. The number of hydrogen-bond acceptors (Lipinski definition) is 5. The number of nitrogens with zero attached hydrogens (tertiary/aromatic N) is 1. The molecule has 2 atom stereocenters. The van der Waals surface area contributed by atoms with E-state index in [0.29, 0.717) is 37.4 Å². The lowest BCUT2D eigenvalue weighted by atomic mass is 9.86. The molecule has 0 radical (unpaired) electrons. The minimum atomic E-state index is -0.633. The van der Waals surface area contributed by atoms with Crippen LogP contribution in [0.1, 0.15) is 28.3 Å². The molecule has 0 saturated carbocycles. The highest BCUT2D eigenvalue weighted by Crippen LogP contribution is 2.37. The average molecular weight is 380 g/mol. The summed E-state index contributed by atoms with van der Waals surface area (Å²) in [5, 5.41) is 14.0. The summed E-state index contributed by atoms with van der Waals surface area (Å²) in [6, 6.07) is 13.2. The lowest BCUT2D eigenvalue weighted by Gasteiger charge is -2.36. The maximum atomic E-state index is 13.0. The summed E-state index contributed by atoms with van der Waals surface area (Å²) < 4.78 is 10.8. The first-order chi connectivity index (χ1) is 13.7. The number of β-amino-alcohol motifs (C(OH)–C–C–N with tert-alkyl or cyclic N) is 1. The molecule has 146 valence electrons. The molecule has 0 aromatic heterocycles. The molecule has 4 rings (SSSR count). The number of carbonyl (C=O) groups is 1. The fourth-order valence-corrected chi connectivity index (χ4v) is 3.82. The van der Waals surface area contributed by atoms with E-state index in [1.807, 2.05) is 42.5 Å². The van der Waals surface area contributed by atoms with E-state index in [-0.39, 0.29) is 18.6 Å². The molecule has 0 spiro atoms. The number of anilines is 1. The molecule has 2 N–H and O–H groups in total. The zero-order valence-electron chi connectivity index (χ0n) is 15.6. The van der Waals surface area contributed by atoms with E-state index in [1.54, 1.807) is 11.0 Å². The van der Waals surface area contributed by atoms with E-state index in [9.17, 15) is 9.90 Å². The molecule has 0 aliphatic carbocycles. The van der Waals surface area contributed by atoms with Crippen molar-refractivity contribution >= 4 is 11.6 Å². The Morgan fingerprint density at radius 2 is 2.07 bits per heavy atom. The molecule has 1 amide bonds. The Hall–Kier alpha value is -2.99. The number of rotatable bonds is 5. The Labute approximate surface area is 164 Å². The molecule has 1 saturated heterocycles. The number of nitrogens with one attached hydrogen (secondary N) is 1. The van der Waals surface area contributed by atoms with Crippen molar-refractivity contribution in [3.05, 3.63) is 66.2 Å². The van der Waals surface area contributed by atoms with Crippen LogP contribution in [0, 0.1) is 0 Å². The van der Waals surface area contributed by atoms with Gasteiger partial charge in [0.1, 0.15) is 0 Å². The summed E-state index contributed by atoms with van der Waals surface area (Å²) in [5.41, 5.74) is 2.40. The highest BCUT2D eigenvalue weighted by atomic mass is 16.7. The van der Waals surface area contributed by atoms with Crippen LogP contribution in [0.5, 0.6) is 11.5 Å². The molecule has 0 bridgehead atoms. The first kappa shape index (κ1) is 18.4. The van der Waals surface area contributed by atoms with Crippen molar-refractivity contribution in [2.45, 2.75) is 18.4 Å². The fourth-order valence-electron chi connectivity index (χ4n) is 3.82. The average Bonchev–Trinajstić information content (AvgIpc) is 3.19. The van der Waals surface area contributed by atoms with Crippen LogP contribution in [-0.2, 0) is 0 Å². The number of ether oxygens (including phenoxy) is 2. The zero-order chi connectivity index (χ0) is 19.5. The number of carbonyl (C=O) groups excluding carboxylic acids is 1. The molecule has 2 aromatic rings. The third kappa shape index (κ3) is 3.55. The van der Waals surface area contributed by atoms with Gasteiger partial charge in [-0.3, -0.25) is 4.79 Å². The Bertz CT molecular complexity index is 883. The van der Waals surface area contributed by atoms with Gasteiger partial charge in [0.25, 0.3) is 5.91 Å². The topological polar surface area (TPSA) is 71.0 Å². The van der Waals surface area contributed by atoms with Crippen LogP contribution in [0.3, 0.4) is 0 Å². The van der Waals surface area contributed by atoms with Crippen LogP contribution in [0.25, 0.3) is 0 Å². The van der Waals surface area contributed by atoms with Crippen molar-refractivity contribution in [2.75, 3.05) is 31.7 Å². The highest BCUT2D eigenvalue weighted by molar-refractivity contribution is 5.99. The van der Waals surface area contributed by atoms with Gasteiger partial charge in [-0.1, -0.05) is 24.3 Å². The number of amides is 1. The van der Waals surface area contributed by atoms with Gasteiger partial charge in [0.05, 0.1) is 11.7 Å². The zero-order valence-corrected chi connectivity index (χ0v) is 15.6. The lowest BCUT2D eigenvalue weighted by Crippen LogP contribution is -2.45. The summed E-state index contributed by atoms with van der Waals surface area (Å²) in [4.78, 5) is 14.8. The first-order valence-electron chi connectivity index (χ1n) is 9.48. The van der Waals surface area contributed by atoms with Crippen LogP contribution in [0.2, 0.25) is 0 Å². The van der Waals surface area contributed by atoms with Gasteiger partial charge >= 0.3 is 0 Å². The van der Waals surface area contributed by atoms with Crippen LogP contribution >= 0.6 is 0 Å². The summed E-state index contributed by atoms with van der Waals surface area (Å²) in [6.07, 6.45) is 1.81. The summed E-state index contributed by atoms with van der Waals surface area (Å²) >= 11 is 0. The van der Waals surface area contributed by atoms with Crippen LogP contribution in [0.15, 0.2) is 55.1 Å². The number of aliphatic hydroxyl groups is 1. The van der Waals surface area contributed by atoms with E-state index >= 15 is 0 Å². The molecular formula is C22H24N2O4. The smallest absolute Gasteiger partial charge is 0.256 e. The highest BCUT2D eigenvalue weighted by Gasteiger charge is 2.33. The van der Waals surface area contributed by atoms with E-state index < -0.39 is 6.10 Å². The molecular weight excluding hydrogens is 356 g/mol. The Morgan fingerprint density at radius 1 is 1.25 bits per heavy atom. The van der Waals surface area contributed by atoms with Crippen LogP contribution < -0.4 is 14.8 Å². The second-order valence-electron chi connectivity index (χ2n) is 7.04. The van der Waals surface area contributed by atoms with Gasteiger partial charge in [-0.25, -0.2) is 0 Å². The number of likely N-dealkylation sites (tertiary alicyclic amines) is 1. The summed E-state index contributed by atoms with van der Waals surface area (Å²) in [7, 11) is 0. The van der Waals surface area contributed by atoms with Crippen molar-refractivity contribution in [1.29, 1.82) is 0 Å². The standard InChI is InChI=1S/C22H24N2O4/c1-2-10-23-18-6-4-3-5-17(18)22(26)24-11-9-16(19(25)13-24)15-7-8-20-21(12-15)28-14-27-20/h2-8,12,16,19,23,25H,1,9-11,13-14H2/t16-,19+/m0/s1. The molecule has 2 heterocycles. The maximum absolute atomic E-state index is 13.0. The number of hydrogen-bond donors (Lipinski definition) is 2. The van der Waals surface area contributed by atoms with Crippen LogP contribution in [-0.4, -0.2) is 48.4 Å². The molecule has 28 heavy (non-hydrogen) atoms. The molecule has 6 heteroatoms. The molecule has 0 unspecified atom stereocenters. The third-order valence-corrected chi connectivity index (χ3v) is 5.29. The number of fused-ring (bicyclic) bond motifs is 1. The monoisotopic (exact) mass is 380 g/mol. The SMILES string of the molecule is C=CCNc1ccccc1C(=O)N1CC[C@@H](c2ccc3c(c2)OCO3)[C@H](O)C1. The molecule has 6 nitrogen and oxygen atoms in total. The van der Waals surface area contributed by atoms with Crippen molar-refractivity contribution in [3.63, 3.8) is 0 Å². The predicted octanol–water partition coefficient (Wildman–Crippen LogP) is 3.00. The van der Waals surface area contributed by atoms with Gasteiger partial charge in [0.2, 0.25) is 6.79 Å². The van der Waals surface area contributed by atoms with Crippen molar-refractivity contribution in [1.82, 2.24) is 4.90 Å². The van der Waals surface area contributed by atoms with Crippen molar-refractivity contribution in [3.8, 4) is 11.5 Å². The van der Waals surface area contributed by atoms with Gasteiger partial charge < -0.3 is 24.8 Å². The second-order valence-corrected chi connectivity index (χ2v) is 7.04. The van der Waals surface area contributed by atoms with Gasteiger partial charge in [-0.05, 0) is 36.2 Å². The summed E-state index contributed by atoms with van der Waals surface area (Å²) in [6.45, 7) is 5.40. The Balaban J connectivity index is 1.47. The number of para-hydroxylation sites is 1. The van der Waals surface area contributed by atoms with E-state index in [1.165, 1.54) is 0 Å². The third-order valence-electron chi connectivity index (χ3n) is 5.29. The predicted molar refractivity (Wildman–Crippen MR) is 107 cm³/mol. The second kappa shape index (κ2) is 7.94. The lowest BCUT2D eigenvalue weighted by molar-refractivity contribution is 0.0382. The quantitative estimate of drug-likeness (QED) is 0.781. The molecule has 1 fully saturated rings. The van der Waals surface area contributed by atoms with Crippen molar-refractivity contribution in [2.24, 2.45) is 0 Å². The Kier molecular flexibility index (Phi) is 5.21. The number of benzene rings is 2. The largest absolute Gasteiger partial charge is 0.454 e. The molecule has 2 aliphatic rings. The molecule has 2 aromatic carbocycles. The van der Waals surface area contributed by atoms with Gasteiger partial charge in [0.15, 0.2) is 11.5 Å². The van der Waals surface area contributed by atoms with E-state index in [4.69, 9.17) is 9.47 Å². The fraction of sp³-hybridized carbons (Fsp3) is 0.318. The first-order valence-corrected chi connectivity index (χ1v) is 9.48. The van der Waals surface area contributed by atoms with E-state index in [0.717, 1.165) is 17.0 Å². The number of aliphatic hydroxyl groups excluding tert-OH is 1. The van der Waals surface area contributed by atoms with Gasteiger partial charge in [-0.2, -0.15) is 0 Å². The Morgan fingerprint density at radius 3 is 2.89 bits per heavy atom. The van der Waals surface area contributed by atoms with Gasteiger partial charge in [-0.15, -0.1) is 6.58 Å². The van der Waals surface area contributed by atoms with E-state index in [2.05, 4.69) is 11.9 Å². The minimum Gasteiger partial charge on any atom is -0.454 e. The van der Waals surface area contributed by atoms with Crippen LogP contribution in [0.4, 0.5) is 5.69 Å². The number of piperidine rings is 1.